The number of hydrogen-bond acceptors (Lipinski definition) is 6. The minimum absolute atomic E-state index is 0.0314. The summed E-state index contributed by atoms with van der Waals surface area (Å²) < 4.78 is 10.8. The number of amides is 1. The number of aliphatic hydroxyl groups excluding tert-OH is 1. The maximum absolute atomic E-state index is 13.1. The van der Waals surface area contributed by atoms with Crippen molar-refractivity contribution in [2.45, 2.75) is 6.04 Å². The molecule has 0 spiro atoms. The summed E-state index contributed by atoms with van der Waals surface area (Å²) in [7, 11) is 0. The van der Waals surface area contributed by atoms with E-state index in [0.29, 0.717) is 33.3 Å². The highest BCUT2D eigenvalue weighted by Gasteiger charge is 2.47. The van der Waals surface area contributed by atoms with Gasteiger partial charge in [0.25, 0.3) is 11.7 Å². The zero-order chi connectivity index (χ0) is 21.5. The fraction of sp³-hybridized carbons (Fsp3) is 0.0870. The van der Waals surface area contributed by atoms with Crippen molar-refractivity contribution in [2.24, 2.45) is 0 Å². The molecule has 2 aliphatic heterocycles. The first kappa shape index (κ1) is 19.1. The molecule has 1 unspecified atom stereocenters. The van der Waals surface area contributed by atoms with Gasteiger partial charge in [-0.1, -0.05) is 23.7 Å². The van der Waals surface area contributed by atoms with Crippen LogP contribution in [0.15, 0.2) is 72.6 Å². The first-order valence-electron chi connectivity index (χ1n) is 9.41. The van der Waals surface area contributed by atoms with Crippen molar-refractivity contribution in [1.82, 2.24) is 4.98 Å². The molecule has 2 aliphatic rings. The Morgan fingerprint density at radius 1 is 1.03 bits per heavy atom. The van der Waals surface area contributed by atoms with Crippen LogP contribution in [0.25, 0.3) is 5.76 Å². The van der Waals surface area contributed by atoms with E-state index in [1.54, 1.807) is 60.9 Å². The van der Waals surface area contributed by atoms with E-state index in [9.17, 15) is 14.7 Å². The van der Waals surface area contributed by atoms with Gasteiger partial charge in [-0.15, -0.1) is 0 Å². The molecule has 5 rings (SSSR count). The largest absolute Gasteiger partial charge is 0.507 e. The Balaban J connectivity index is 1.71. The molecular weight excluding hydrogens is 420 g/mol. The minimum atomic E-state index is -0.859. The van der Waals surface area contributed by atoms with Crippen LogP contribution < -0.4 is 14.4 Å². The summed E-state index contributed by atoms with van der Waals surface area (Å²) in [5.74, 6) is -0.824. The van der Waals surface area contributed by atoms with E-state index < -0.39 is 17.7 Å². The Hall–Kier alpha value is -3.84. The molecule has 1 N–H and O–H groups in total. The summed E-state index contributed by atoms with van der Waals surface area (Å²) in [4.78, 5) is 31.6. The van der Waals surface area contributed by atoms with Crippen molar-refractivity contribution in [3.63, 3.8) is 0 Å². The van der Waals surface area contributed by atoms with Gasteiger partial charge in [0, 0.05) is 34.7 Å². The van der Waals surface area contributed by atoms with Gasteiger partial charge < -0.3 is 14.6 Å². The summed E-state index contributed by atoms with van der Waals surface area (Å²) >= 11 is 6.06. The van der Waals surface area contributed by atoms with Crippen molar-refractivity contribution in [3.8, 4) is 11.5 Å². The van der Waals surface area contributed by atoms with Crippen molar-refractivity contribution in [3.05, 3.63) is 88.7 Å². The summed E-state index contributed by atoms with van der Waals surface area (Å²) in [6.07, 6.45) is 3.13. The van der Waals surface area contributed by atoms with Crippen LogP contribution >= 0.6 is 11.6 Å². The van der Waals surface area contributed by atoms with Crippen molar-refractivity contribution in [1.29, 1.82) is 0 Å². The Morgan fingerprint density at radius 3 is 2.58 bits per heavy atom. The smallest absolute Gasteiger partial charge is 0.300 e. The van der Waals surface area contributed by atoms with Crippen LogP contribution in [0.1, 0.15) is 17.2 Å². The number of fused-ring (bicyclic) bond motifs is 1. The van der Waals surface area contributed by atoms with Gasteiger partial charge in [0.2, 0.25) is 6.79 Å². The first-order chi connectivity index (χ1) is 15.0. The second-order valence-electron chi connectivity index (χ2n) is 7.00. The quantitative estimate of drug-likeness (QED) is 0.379. The molecule has 3 aromatic rings. The number of ether oxygens (including phenoxy) is 2. The molecule has 31 heavy (non-hydrogen) atoms. The van der Waals surface area contributed by atoms with E-state index >= 15 is 0 Å². The molecule has 1 atom stereocenters. The molecule has 8 heteroatoms. The van der Waals surface area contributed by atoms with Crippen LogP contribution in [0.2, 0.25) is 5.02 Å². The third-order valence-electron chi connectivity index (χ3n) is 5.20. The molecule has 1 saturated heterocycles. The number of ketones is 1. The number of aliphatic hydroxyl groups is 1. The highest BCUT2D eigenvalue weighted by atomic mass is 35.5. The zero-order valence-corrected chi connectivity index (χ0v) is 16.7. The number of Topliss-reactive ketones (excluding diaryl/α,β-unsaturated/α-hetero) is 1. The lowest BCUT2D eigenvalue weighted by molar-refractivity contribution is -0.132. The first-order valence-corrected chi connectivity index (χ1v) is 9.79. The van der Waals surface area contributed by atoms with Gasteiger partial charge >= 0.3 is 0 Å². The third kappa shape index (κ3) is 3.19. The van der Waals surface area contributed by atoms with Gasteiger partial charge in [-0.25, -0.2) is 0 Å². The van der Waals surface area contributed by atoms with Gasteiger partial charge in [-0.2, -0.15) is 0 Å². The fourth-order valence-corrected chi connectivity index (χ4v) is 3.98. The molecule has 0 bridgehead atoms. The molecular formula is C23H15ClN2O5. The normalized spacial score (nSPS) is 19.1. The maximum atomic E-state index is 13.1. The van der Waals surface area contributed by atoms with Crippen molar-refractivity contribution < 1.29 is 24.2 Å². The van der Waals surface area contributed by atoms with Crippen LogP contribution in [0, 0.1) is 0 Å². The van der Waals surface area contributed by atoms with Gasteiger partial charge in [-0.05, 0) is 42.0 Å². The van der Waals surface area contributed by atoms with Crippen LogP contribution in [0.4, 0.5) is 5.69 Å². The summed E-state index contributed by atoms with van der Waals surface area (Å²) in [5.41, 5.74) is 1.38. The monoisotopic (exact) mass is 434 g/mol. The lowest BCUT2D eigenvalue weighted by Crippen LogP contribution is -2.29. The maximum Gasteiger partial charge on any atom is 0.300 e. The zero-order valence-electron chi connectivity index (χ0n) is 16.0. The molecule has 1 amide bonds. The number of carbonyl (C=O) groups is 2. The number of benzene rings is 2. The number of hydrogen-bond donors (Lipinski definition) is 1. The van der Waals surface area contributed by atoms with Crippen LogP contribution in [0.5, 0.6) is 11.5 Å². The van der Waals surface area contributed by atoms with Gasteiger partial charge in [0.05, 0.1) is 11.6 Å². The lowest BCUT2D eigenvalue weighted by atomic mass is 9.96. The average Bonchev–Trinajstić information content (AvgIpc) is 3.36. The number of halogens is 1. The van der Waals surface area contributed by atoms with Crippen LogP contribution in [0.3, 0.4) is 0 Å². The summed E-state index contributed by atoms with van der Waals surface area (Å²) in [6.45, 7) is 0.0835. The third-order valence-corrected chi connectivity index (χ3v) is 5.43. The summed E-state index contributed by atoms with van der Waals surface area (Å²) in [6, 6.07) is 14.0. The second kappa shape index (κ2) is 7.45. The minimum Gasteiger partial charge on any atom is -0.507 e. The Bertz CT molecular complexity index is 1240. The highest BCUT2D eigenvalue weighted by Crippen LogP contribution is 2.44. The van der Waals surface area contributed by atoms with E-state index in [1.807, 2.05) is 0 Å². The van der Waals surface area contributed by atoms with Crippen LogP contribution in [-0.2, 0) is 9.59 Å². The molecule has 0 radical (unpaired) electrons. The van der Waals surface area contributed by atoms with Crippen LogP contribution in [-0.4, -0.2) is 28.6 Å². The van der Waals surface area contributed by atoms with Crippen molar-refractivity contribution in [2.75, 3.05) is 11.7 Å². The SMILES string of the molecule is O=C1C(=O)N(c2ccc3c(c2)OCO3)C(c2ccncc2)/C1=C(\O)c1cccc(Cl)c1. The van der Waals surface area contributed by atoms with Crippen molar-refractivity contribution >= 4 is 34.7 Å². The number of carbonyl (C=O) groups excluding carboxylic acids is 2. The van der Waals surface area contributed by atoms with Gasteiger partial charge in [0.15, 0.2) is 11.5 Å². The molecule has 1 aromatic heterocycles. The number of pyridine rings is 1. The molecule has 2 aromatic carbocycles. The van der Waals surface area contributed by atoms with E-state index in [-0.39, 0.29) is 18.1 Å². The number of rotatable bonds is 3. The Morgan fingerprint density at radius 2 is 1.81 bits per heavy atom. The molecule has 154 valence electrons. The fourth-order valence-electron chi connectivity index (χ4n) is 3.79. The Labute approximate surface area is 182 Å². The number of nitrogens with zero attached hydrogens (tertiary/aromatic N) is 2. The average molecular weight is 435 g/mol. The highest BCUT2D eigenvalue weighted by molar-refractivity contribution is 6.51. The topological polar surface area (TPSA) is 89.0 Å². The lowest BCUT2D eigenvalue weighted by Gasteiger charge is -2.25. The molecule has 7 nitrogen and oxygen atoms in total. The number of aromatic nitrogens is 1. The molecule has 0 aliphatic carbocycles. The number of anilines is 1. The predicted octanol–water partition coefficient (Wildman–Crippen LogP) is 4.09. The van der Waals surface area contributed by atoms with Gasteiger partial charge in [0.1, 0.15) is 5.76 Å². The van der Waals surface area contributed by atoms with Gasteiger partial charge in [-0.3, -0.25) is 19.5 Å². The summed E-state index contributed by atoms with van der Waals surface area (Å²) in [5, 5.41) is 11.4. The predicted molar refractivity (Wildman–Crippen MR) is 113 cm³/mol. The Kier molecular flexibility index (Phi) is 4.60. The second-order valence-corrected chi connectivity index (χ2v) is 7.43. The molecule has 3 heterocycles. The van der Waals surface area contributed by atoms with E-state index in [2.05, 4.69) is 4.98 Å². The molecule has 0 saturated carbocycles. The molecule has 1 fully saturated rings. The van der Waals surface area contributed by atoms with E-state index in [4.69, 9.17) is 21.1 Å². The van der Waals surface area contributed by atoms with E-state index in [0.717, 1.165) is 0 Å². The standard InChI is InChI=1S/C23H15ClN2O5/c24-15-3-1-2-14(10-15)21(27)19-20(13-6-8-25-9-7-13)26(23(29)22(19)28)16-4-5-17-18(11-16)31-12-30-17/h1-11,20,27H,12H2/b21-19+. The van der Waals surface area contributed by atoms with E-state index in [1.165, 1.54) is 11.0 Å².